The van der Waals surface area contributed by atoms with Gasteiger partial charge in [-0.05, 0) is 44.0 Å². The van der Waals surface area contributed by atoms with E-state index in [1.165, 1.54) is 0 Å². The molecule has 1 fully saturated rings. The van der Waals surface area contributed by atoms with Crippen molar-refractivity contribution in [3.8, 4) is 0 Å². The third-order valence-corrected chi connectivity index (χ3v) is 4.04. The monoisotopic (exact) mass is 332 g/mol. The number of para-hydroxylation sites is 1. The van der Waals surface area contributed by atoms with E-state index >= 15 is 0 Å². The number of anilines is 1. The van der Waals surface area contributed by atoms with Crippen LogP contribution in [0.15, 0.2) is 24.3 Å². The van der Waals surface area contributed by atoms with Crippen LogP contribution < -0.4 is 21.7 Å². The SMILES string of the molecule is NC(=O)CCNC(=O)c1ccccc1NC(=O)CCC1CCNC1. The fraction of sp³-hybridized carbons (Fsp3) is 0.471. The Morgan fingerprint density at radius 3 is 2.71 bits per heavy atom. The molecule has 130 valence electrons. The van der Waals surface area contributed by atoms with Crippen molar-refractivity contribution in [1.29, 1.82) is 0 Å². The molecule has 0 radical (unpaired) electrons. The predicted octanol–water partition coefficient (Wildman–Crippen LogP) is 0.620. The van der Waals surface area contributed by atoms with Gasteiger partial charge in [0.05, 0.1) is 11.3 Å². The van der Waals surface area contributed by atoms with Crippen LogP contribution in [0, 0.1) is 5.92 Å². The third-order valence-electron chi connectivity index (χ3n) is 4.04. The Labute approximate surface area is 141 Å². The molecule has 1 aliphatic heterocycles. The fourth-order valence-electron chi connectivity index (χ4n) is 2.69. The smallest absolute Gasteiger partial charge is 0.253 e. The van der Waals surface area contributed by atoms with E-state index in [0.29, 0.717) is 23.6 Å². The standard InChI is InChI=1S/C17H24N4O3/c18-15(22)8-10-20-17(24)13-3-1-2-4-14(13)21-16(23)6-5-12-7-9-19-11-12/h1-4,12,19H,5-11H2,(H2,18,22)(H,20,24)(H,21,23). The zero-order chi connectivity index (χ0) is 17.4. The van der Waals surface area contributed by atoms with Gasteiger partial charge in [0, 0.05) is 19.4 Å². The second-order valence-electron chi connectivity index (χ2n) is 5.96. The van der Waals surface area contributed by atoms with Crippen LogP contribution in [0.5, 0.6) is 0 Å². The molecule has 0 aliphatic carbocycles. The molecule has 0 saturated carbocycles. The van der Waals surface area contributed by atoms with E-state index < -0.39 is 5.91 Å². The van der Waals surface area contributed by atoms with Crippen molar-refractivity contribution in [2.24, 2.45) is 11.7 Å². The Hall–Kier alpha value is -2.41. The maximum atomic E-state index is 12.2. The molecule has 0 bridgehead atoms. The van der Waals surface area contributed by atoms with Crippen molar-refractivity contribution in [3.63, 3.8) is 0 Å². The first-order valence-electron chi connectivity index (χ1n) is 8.22. The Kier molecular flexibility index (Phi) is 6.74. The highest BCUT2D eigenvalue weighted by atomic mass is 16.2. The molecule has 24 heavy (non-hydrogen) atoms. The molecular weight excluding hydrogens is 308 g/mol. The summed E-state index contributed by atoms with van der Waals surface area (Å²) in [7, 11) is 0. The molecule has 1 aromatic carbocycles. The molecule has 0 aromatic heterocycles. The summed E-state index contributed by atoms with van der Waals surface area (Å²) in [6.45, 7) is 2.15. The Bertz CT molecular complexity index is 597. The average molecular weight is 332 g/mol. The molecule has 5 N–H and O–H groups in total. The minimum absolute atomic E-state index is 0.0791. The second kappa shape index (κ2) is 9.02. The summed E-state index contributed by atoms with van der Waals surface area (Å²) in [5.41, 5.74) is 5.90. The number of primary amides is 1. The highest BCUT2D eigenvalue weighted by Gasteiger charge is 2.17. The third kappa shape index (κ3) is 5.66. The van der Waals surface area contributed by atoms with Gasteiger partial charge in [0.25, 0.3) is 5.91 Å². The van der Waals surface area contributed by atoms with Crippen LogP contribution in [0.4, 0.5) is 5.69 Å². The normalized spacial score (nSPS) is 16.6. The van der Waals surface area contributed by atoms with E-state index in [0.717, 1.165) is 25.9 Å². The molecule has 1 saturated heterocycles. The lowest BCUT2D eigenvalue weighted by molar-refractivity contribution is -0.118. The average Bonchev–Trinajstić information content (AvgIpc) is 3.06. The minimum Gasteiger partial charge on any atom is -0.370 e. The molecule has 7 nitrogen and oxygen atoms in total. The number of nitrogens with two attached hydrogens (primary N) is 1. The predicted molar refractivity (Wildman–Crippen MR) is 91.4 cm³/mol. The molecule has 0 spiro atoms. The molecule has 2 rings (SSSR count). The summed E-state index contributed by atoms with van der Waals surface area (Å²) >= 11 is 0. The summed E-state index contributed by atoms with van der Waals surface area (Å²) in [6, 6.07) is 6.81. The first kappa shape index (κ1) is 17.9. The van der Waals surface area contributed by atoms with Gasteiger partial charge < -0.3 is 21.7 Å². The highest BCUT2D eigenvalue weighted by Crippen LogP contribution is 2.18. The molecule has 1 aliphatic rings. The highest BCUT2D eigenvalue weighted by molar-refractivity contribution is 6.03. The number of nitrogens with one attached hydrogen (secondary N) is 3. The van der Waals surface area contributed by atoms with Crippen LogP contribution in [0.3, 0.4) is 0 Å². The van der Waals surface area contributed by atoms with E-state index in [9.17, 15) is 14.4 Å². The van der Waals surface area contributed by atoms with Crippen molar-refractivity contribution in [1.82, 2.24) is 10.6 Å². The van der Waals surface area contributed by atoms with Gasteiger partial charge in [0.1, 0.15) is 0 Å². The van der Waals surface area contributed by atoms with E-state index in [1.807, 2.05) is 0 Å². The van der Waals surface area contributed by atoms with Crippen molar-refractivity contribution in [2.45, 2.75) is 25.7 Å². The number of rotatable bonds is 8. The lowest BCUT2D eigenvalue weighted by Gasteiger charge is -2.12. The molecule has 1 unspecified atom stereocenters. The second-order valence-corrected chi connectivity index (χ2v) is 5.96. The van der Waals surface area contributed by atoms with Crippen LogP contribution in [0.2, 0.25) is 0 Å². The van der Waals surface area contributed by atoms with E-state index in [-0.39, 0.29) is 24.8 Å². The lowest BCUT2D eigenvalue weighted by atomic mass is 10.0. The van der Waals surface area contributed by atoms with Crippen molar-refractivity contribution >= 4 is 23.4 Å². The number of hydrogen-bond acceptors (Lipinski definition) is 4. The van der Waals surface area contributed by atoms with Crippen molar-refractivity contribution in [3.05, 3.63) is 29.8 Å². The lowest BCUT2D eigenvalue weighted by Crippen LogP contribution is -2.28. The number of carbonyl (C=O) groups is 3. The summed E-state index contributed by atoms with van der Waals surface area (Å²) in [6.07, 6.45) is 2.46. The zero-order valence-corrected chi connectivity index (χ0v) is 13.6. The topological polar surface area (TPSA) is 113 Å². The molecular formula is C17H24N4O3. The van der Waals surface area contributed by atoms with Gasteiger partial charge in [-0.25, -0.2) is 0 Å². The number of benzene rings is 1. The molecule has 7 heteroatoms. The van der Waals surface area contributed by atoms with E-state index in [2.05, 4.69) is 16.0 Å². The van der Waals surface area contributed by atoms with Crippen molar-refractivity contribution in [2.75, 3.05) is 25.0 Å². The van der Waals surface area contributed by atoms with Crippen LogP contribution in [-0.2, 0) is 9.59 Å². The van der Waals surface area contributed by atoms with Gasteiger partial charge >= 0.3 is 0 Å². The van der Waals surface area contributed by atoms with Gasteiger partial charge in [-0.3, -0.25) is 14.4 Å². The van der Waals surface area contributed by atoms with Crippen molar-refractivity contribution < 1.29 is 14.4 Å². The molecule has 1 aromatic rings. The quantitative estimate of drug-likeness (QED) is 0.559. The van der Waals surface area contributed by atoms with Gasteiger partial charge in [-0.15, -0.1) is 0 Å². The number of amides is 3. The zero-order valence-electron chi connectivity index (χ0n) is 13.6. The molecule has 1 atom stereocenters. The summed E-state index contributed by atoms with van der Waals surface area (Å²) in [5.74, 6) is -0.368. The Morgan fingerprint density at radius 1 is 1.21 bits per heavy atom. The van der Waals surface area contributed by atoms with Crippen LogP contribution in [-0.4, -0.2) is 37.4 Å². The van der Waals surface area contributed by atoms with Gasteiger partial charge in [-0.2, -0.15) is 0 Å². The van der Waals surface area contributed by atoms with Crippen LogP contribution in [0.25, 0.3) is 0 Å². The van der Waals surface area contributed by atoms with Crippen LogP contribution in [0.1, 0.15) is 36.0 Å². The van der Waals surface area contributed by atoms with E-state index in [1.54, 1.807) is 24.3 Å². The summed E-state index contributed by atoms with van der Waals surface area (Å²) in [5, 5.41) is 8.70. The van der Waals surface area contributed by atoms with Gasteiger partial charge in [-0.1, -0.05) is 12.1 Å². The first-order valence-corrected chi connectivity index (χ1v) is 8.22. The summed E-state index contributed by atoms with van der Waals surface area (Å²) in [4.78, 5) is 35.0. The number of hydrogen-bond donors (Lipinski definition) is 4. The minimum atomic E-state index is -0.474. The first-order chi connectivity index (χ1) is 11.6. The summed E-state index contributed by atoms with van der Waals surface area (Å²) < 4.78 is 0. The molecule has 3 amide bonds. The van der Waals surface area contributed by atoms with Gasteiger partial charge in [0.15, 0.2) is 0 Å². The van der Waals surface area contributed by atoms with E-state index in [4.69, 9.17) is 5.73 Å². The van der Waals surface area contributed by atoms with Crippen LogP contribution >= 0.6 is 0 Å². The largest absolute Gasteiger partial charge is 0.370 e. The maximum Gasteiger partial charge on any atom is 0.253 e. The maximum absolute atomic E-state index is 12.2. The Balaban J connectivity index is 1.88. The fourth-order valence-corrected chi connectivity index (χ4v) is 2.69. The number of carbonyl (C=O) groups excluding carboxylic acids is 3. The Morgan fingerprint density at radius 2 is 2.00 bits per heavy atom. The van der Waals surface area contributed by atoms with Gasteiger partial charge in [0.2, 0.25) is 11.8 Å². The molecule has 1 heterocycles.